The molecule has 1 aromatic heterocycles. The number of aromatic nitrogens is 3. The number of nitrogens with one attached hydrogen (secondary N) is 1. The first-order chi connectivity index (χ1) is 9.24. The average Bonchev–Trinajstić information content (AvgIpc) is 3.21. The van der Waals surface area contributed by atoms with Crippen molar-refractivity contribution in [2.45, 2.75) is 56.1 Å². The minimum atomic E-state index is -0.0476. The molecule has 6 heteroatoms. The summed E-state index contributed by atoms with van der Waals surface area (Å²) in [4.78, 5) is 11.7. The highest BCUT2D eigenvalue weighted by Crippen LogP contribution is 2.42. The molecule has 0 unspecified atom stereocenters. The zero-order valence-corrected chi connectivity index (χ0v) is 12.8. The van der Waals surface area contributed by atoms with Crippen molar-refractivity contribution in [2.75, 3.05) is 11.5 Å². The number of nitrogens with zero attached hydrogens (tertiary/aromatic N) is 2. The van der Waals surface area contributed by atoms with Crippen LogP contribution in [0.2, 0.25) is 0 Å². The highest BCUT2D eigenvalue weighted by atomic mass is 32.2. The Balaban J connectivity index is 1.69. The number of hydrogen-bond acceptors (Lipinski definition) is 4. The summed E-state index contributed by atoms with van der Waals surface area (Å²) in [5, 5.41) is 7.66. The average molecular weight is 299 g/mol. The Labute approximate surface area is 123 Å². The lowest BCUT2D eigenvalue weighted by molar-refractivity contribution is 0.258. The zero-order chi connectivity index (χ0) is 13.3. The van der Waals surface area contributed by atoms with Gasteiger partial charge >= 0.3 is 5.69 Å². The van der Waals surface area contributed by atoms with Gasteiger partial charge in [-0.1, -0.05) is 31.0 Å². The topological polar surface area (TPSA) is 50.7 Å². The van der Waals surface area contributed by atoms with Gasteiger partial charge in [0.1, 0.15) is 0 Å². The Bertz CT molecular complexity index is 486. The third-order valence-electron chi connectivity index (χ3n) is 4.34. The molecule has 106 valence electrons. The van der Waals surface area contributed by atoms with Crippen molar-refractivity contribution in [1.82, 2.24) is 14.8 Å². The number of thiol groups is 1. The van der Waals surface area contributed by atoms with Crippen molar-refractivity contribution in [3.05, 3.63) is 10.5 Å². The van der Waals surface area contributed by atoms with Gasteiger partial charge < -0.3 is 0 Å². The predicted molar refractivity (Wildman–Crippen MR) is 81.2 cm³/mol. The molecule has 0 aromatic carbocycles. The lowest BCUT2D eigenvalue weighted by atomic mass is 9.77. The van der Waals surface area contributed by atoms with Crippen molar-refractivity contribution in [3.8, 4) is 0 Å². The number of H-pyrrole nitrogens is 1. The van der Waals surface area contributed by atoms with Gasteiger partial charge in [0, 0.05) is 11.8 Å². The van der Waals surface area contributed by atoms with Crippen LogP contribution >= 0.6 is 24.4 Å². The Morgan fingerprint density at radius 3 is 2.74 bits per heavy atom. The Kier molecular flexibility index (Phi) is 3.98. The van der Waals surface area contributed by atoms with Gasteiger partial charge in [-0.05, 0) is 36.9 Å². The molecule has 0 spiro atoms. The molecule has 19 heavy (non-hydrogen) atoms. The van der Waals surface area contributed by atoms with Crippen molar-refractivity contribution in [3.63, 3.8) is 0 Å². The molecule has 2 aliphatic carbocycles. The van der Waals surface area contributed by atoms with Gasteiger partial charge in [-0.25, -0.2) is 9.89 Å². The Morgan fingerprint density at radius 1 is 1.37 bits per heavy atom. The summed E-state index contributed by atoms with van der Waals surface area (Å²) in [5.74, 6) is 1.98. The first kappa shape index (κ1) is 13.6. The molecule has 0 bridgehead atoms. The largest absolute Gasteiger partial charge is 0.344 e. The van der Waals surface area contributed by atoms with E-state index in [0.717, 1.165) is 29.5 Å². The van der Waals surface area contributed by atoms with E-state index in [4.69, 9.17) is 0 Å². The highest BCUT2D eigenvalue weighted by Gasteiger charge is 2.33. The summed E-state index contributed by atoms with van der Waals surface area (Å²) >= 11 is 6.31. The predicted octanol–water partition coefficient (Wildman–Crippen LogP) is 2.88. The summed E-state index contributed by atoms with van der Waals surface area (Å²) < 4.78 is 1.85. The normalized spacial score (nSPS) is 22.6. The van der Waals surface area contributed by atoms with Crippen LogP contribution in [0.3, 0.4) is 0 Å². The molecular formula is C13H21N3OS2. The fourth-order valence-electron chi connectivity index (χ4n) is 2.91. The standard InChI is InChI=1S/C13H21N3OS2/c17-11-14-15-12(16(11)10-4-5-10)19-9-13(8-18)6-2-1-3-7-13/h10,18H,1-9H2,(H,14,17). The molecule has 4 nitrogen and oxygen atoms in total. The van der Waals surface area contributed by atoms with Gasteiger partial charge in [-0.2, -0.15) is 12.6 Å². The zero-order valence-electron chi connectivity index (χ0n) is 11.1. The third kappa shape index (κ3) is 2.89. The van der Waals surface area contributed by atoms with E-state index in [0.29, 0.717) is 11.5 Å². The van der Waals surface area contributed by atoms with E-state index in [1.807, 2.05) is 4.57 Å². The van der Waals surface area contributed by atoms with Crippen LogP contribution in [-0.4, -0.2) is 26.3 Å². The first-order valence-corrected chi connectivity index (χ1v) is 8.76. The smallest absolute Gasteiger partial charge is 0.267 e. The molecule has 2 aliphatic rings. The second-order valence-electron chi connectivity index (χ2n) is 5.92. The molecule has 2 fully saturated rings. The summed E-state index contributed by atoms with van der Waals surface area (Å²) in [6.07, 6.45) is 8.75. The molecule has 0 radical (unpaired) electrons. The van der Waals surface area contributed by atoms with Gasteiger partial charge in [0.2, 0.25) is 0 Å². The fraction of sp³-hybridized carbons (Fsp3) is 0.846. The van der Waals surface area contributed by atoms with E-state index >= 15 is 0 Å². The number of thioether (sulfide) groups is 1. The number of hydrogen-bond donors (Lipinski definition) is 2. The van der Waals surface area contributed by atoms with Crippen molar-refractivity contribution >= 4 is 24.4 Å². The molecule has 0 aliphatic heterocycles. The second kappa shape index (κ2) is 5.56. The minimum Gasteiger partial charge on any atom is -0.267 e. The van der Waals surface area contributed by atoms with Crippen LogP contribution in [0.5, 0.6) is 0 Å². The summed E-state index contributed by atoms with van der Waals surface area (Å²) in [6, 6.07) is 0.395. The van der Waals surface area contributed by atoms with Gasteiger partial charge in [0.25, 0.3) is 0 Å². The molecule has 1 N–H and O–H groups in total. The molecule has 1 aromatic rings. The Hall–Kier alpha value is -0.360. The summed E-state index contributed by atoms with van der Waals surface area (Å²) in [7, 11) is 0. The Morgan fingerprint density at radius 2 is 2.11 bits per heavy atom. The van der Waals surface area contributed by atoms with Gasteiger partial charge in [0.05, 0.1) is 0 Å². The molecule has 1 heterocycles. The van der Waals surface area contributed by atoms with Crippen LogP contribution in [0.15, 0.2) is 9.95 Å². The van der Waals surface area contributed by atoms with Crippen LogP contribution in [0.1, 0.15) is 51.0 Å². The highest BCUT2D eigenvalue weighted by molar-refractivity contribution is 7.99. The second-order valence-corrected chi connectivity index (χ2v) is 7.18. The summed E-state index contributed by atoms with van der Waals surface area (Å²) in [6.45, 7) is 0. The third-order valence-corrected chi connectivity index (χ3v) is 6.31. The molecule has 3 rings (SSSR count). The van der Waals surface area contributed by atoms with Crippen molar-refractivity contribution in [1.29, 1.82) is 0 Å². The summed E-state index contributed by atoms with van der Waals surface area (Å²) in [5.41, 5.74) is 0.295. The SMILES string of the molecule is O=c1[nH]nc(SCC2(CS)CCCCC2)n1C1CC1. The lowest BCUT2D eigenvalue weighted by Gasteiger charge is -2.35. The lowest BCUT2D eigenvalue weighted by Crippen LogP contribution is -2.29. The quantitative estimate of drug-likeness (QED) is 0.649. The molecule has 2 saturated carbocycles. The maximum atomic E-state index is 11.7. The van der Waals surface area contributed by atoms with Gasteiger partial charge in [0.15, 0.2) is 5.16 Å². The molecule has 0 saturated heterocycles. The first-order valence-electron chi connectivity index (χ1n) is 7.15. The van der Waals surface area contributed by atoms with E-state index < -0.39 is 0 Å². The van der Waals surface area contributed by atoms with Crippen LogP contribution in [-0.2, 0) is 0 Å². The van der Waals surface area contributed by atoms with E-state index in [1.54, 1.807) is 11.8 Å². The van der Waals surface area contributed by atoms with Crippen LogP contribution in [0.25, 0.3) is 0 Å². The minimum absolute atomic E-state index is 0.0476. The fourth-order valence-corrected chi connectivity index (χ4v) is 4.80. The molecular weight excluding hydrogens is 278 g/mol. The number of rotatable bonds is 5. The van der Waals surface area contributed by atoms with Gasteiger partial charge in [-0.15, -0.1) is 5.10 Å². The molecule has 0 amide bonds. The van der Waals surface area contributed by atoms with E-state index in [1.165, 1.54) is 32.1 Å². The van der Waals surface area contributed by atoms with Crippen LogP contribution in [0, 0.1) is 5.41 Å². The number of aromatic amines is 1. The monoisotopic (exact) mass is 299 g/mol. The van der Waals surface area contributed by atoms with Crippen molar-refractivity contribution < 1.29 is 0 Å². The van der Waals surface area contributed by atoms with Crippen LogP contribution < -0.4 is 5.69 Å². The van der Waals surface area contributed by atoms with E-state index in [9.17, 15) is 4.79 Å². The van der Waals surface area contributed by atoms with E-state index in [-0.39, 0.29) is 5.69 Å². The maximum absolute atomic E-state index is 11.7. The van der Waals surface area contributed by atoms with Crippen molar-refractivity contribution in [2.24, 2.45) is 5.41 Å². The van der Waals surface area contributed by atoms with E-state index in [2.05, 4.69) is 22.8 Å². The van der Waals surface area contributed by atoms with Gasteiger partial charge in [-0.3, -0.25) is 4.57 Å². The molecule has 0 atom stereocenters. The van der Waals surface area contributed by atoms with Crippen LogP contribution in [0.4, 0.5) is 0 Å². The maximum Gasteiger partial charge on any atom is 0.344 e.